The van der Waals surface area contributed by atoms with Crippen LogP contribution in [0.5, 0.6) is 5.75 Å². The number of anilines is 1. The molecule has 10 heteroatoms. The zero-order valence-electron chi connectivity index (χ0n) is 17.6. The van der Waals surface area contributed by atoms with Gasteiger partial charge in [-0.3, -0.25) is 9.59 Å². The number of nitrogens with one attached hydrogen (secondary N) is 2. The molecule has 3 aromatic rings. The van der Waals surface area contributed by atoms with E-state index < -0.39 is 10.0 Å². The van der Waals surface area contributed by atoms with Crippen molar-refractivity contribution < 1.29 is 22.7 Å². The summed E-state index contributed by atoms with van der Waals surface area (Å²) in [6, 6.07) is 16.0. The molecule has 1 heterocycles. The Hall–Kier alpha value is -3.21. The van der Waals surface area contributed by atoms with Gasteiger partial charge in [0.1, 0.15) is 5.75 Å². The van der Waals surface area contributed by atoms with E-state index in [-0.39, 0.29) is 29.9 Å². The predicted molar refractivity (Wildman–Crippen MR) is 123 cm³/mol. The maximum Gasteiger partial charge on any atom is 0.259 e. The van der Waals surface area contributed by atoms with Gasteiger partial charge in [0.15, 0.2) is 6.61 Å². The Morgan fingerprint density at radius 3 is 2.28 bits per heavy atom. The number of sulfonamides is 1. The van der Waals surface area contributed by atoms with Crippen LogP contribution in [-0.4, -0.2) is 45.8 Å². The van der Waals surface area contributed by atoms with Gasteiger partial charge in [-0.1, -0.05) is 6.07 Å². The van der Waals surface area contributed by atoms with Gasteiger partial charge in [0, 0.05) is 36.8 Å². The van der Waals surface area contributed by atoms with Crippen molar-refractivity contribution in [3.8, 4) is 5.75 Å². The minimum Gasteiger partial charge on any atom is -0.484 e. The van der Waals surface area contributed by atoms with Crippen molar-refractivity contribution in [2.45, 2.75) is 11.4 Å². The predicted octanol–water partition coefficient (Wildman–Crippen LogP) is 2.95. The molecule has 0 fully saturated rings. The van der Waals surface area contributed by atoms with Gasteiger partial charge in [-0.15, -0.1) is 11.3 Å². The lowest BCUT2D eigenvalue weighted by molar-refractivity contribution is -0.130. The number of likely N-dealkylation sites (N-methyl/N-ethyl adjacent to an activating group) is 1. The zero-order valence-corrected chi connectivity index (χ0v) is 19.2. The van der Waals surface area contributed by atoms with Crippen molar-refractivity contribution >= 4 is 38.9 Å². The molecule has 168 valence electrons. The molecule has 0 radical (unpaired) electrons. The van der Waals surface area contributed by atoms with Gasteiger partial charge >= 0.3 is 0 Å². The van der Waals surface area contributed by atoms with E-state index in [4.69, 9.17) is 4.74 Å². The van der Waals surface area contributed by atoms with E-state index in [0.29, 0.717) is 17.0 Å². The van der Waals surface area contributed by atoms with Crippen LogP contribution in [0, 0.1) is 0 Å². The fourth-order valence-corrected chi connectivity index (χ4v) is 4.30. The summed E-state index contributed by atoms with van der Waals surface area (Å²) >= 11 is 1.47. The highest BCUT2D eigenvalue weighted by molar-refractivity contribution is 7.89. The van der Waals surface area contributed by atoms with Crippen molar-refractivity contribution in [3.63, 3.8) is 0 Å². The zero-order chi connectivity index (χ0) is 23.1. The van der Waals surface area contributed by atoms with Gasteiger partial charge in [-0.2, -0.15) is 0 Å². The molecule has 8 nitrogen and oxygen atoms in total. The number of nitrogens with zero attached hydrogens (tertiary/aromatic N) is 1. The number of carbonyl (C=O) groups is 2. The van der Waals surface area contributed by atoms with Gasteiger partial charge in [0.25, 0.3) is 11.8 Å². The summed E-state index contributed by atoms with van der Waals surface area (Å²) < 4.78 is 32.8. The molecule has 0 saturated carbocycles. The average molecular weight is 474 g/mol. The lowest BCUT2D eigenvalue weighted by Gasteiger charge is -2.12. The van der Waals surface area contributed by atoms with Crippen LogP contribution in [-0.2, 0) is 21.4 Å². The quantitative estimate of drug-likeness (QED) is 0.497. The second-order valence-corrected chi connectivity index (χ2v) is 9.78. The first-order chi connectivity index (χ1) is 15.2. The Bertz CT molecular complexity index is 1160. The number of amides is 2. The van der Waals surface area contributed by atoms with Crippen LogP contribution < -0.4 is 14.8 Å². The van der Waals surface area contributed by atoms with E-state index in [2.05, 4.69) is 10.0 Å². The molecule has 1 aromatic heterocycles. The summed E-state index contributed by atoms with van der Waals surface area (Å²) in [5.41, 5.74) is 0.856. The van der Waals surface area contributed by atoms with E-state index in [9.17, 15) is 18.0 Å². The molecule has 0 bridgehead atoms. The molecule has 2 aromatic carbocycles. The highest BCUT2D eigenvalue weighted by Gasteiger charge is 2.15. The summed E-state index contributed by atoms with van der Waals surface area (Å²) in [5, 5.41) is 4.62. The largest absolute Gasteiger partial charge is 0.484 e. The summed E-state index contributed by atoms with van der Waals surface area (Å²) in [5.74, 6) is -0.0330. The standard InChI is InChI=1S/C22H23N3O5S2/c1-25(2)21(26)15-30-18-9-7-17(8-10-18)24-22(27)16-5-11-20(12-6-16)32(28,29)23-14-19-4-3-13-31-19/h3-13,23H,14-15H2,1-2H3,(H,24,27). The van der Waals surface area contributed by atoms with E-state index in [0.717, 1.165) is 4.88 Å². The van der Waals surface area contributed by atoms with E-state index in [1.54, 1.807) is 38.4 Å². The van der Waals surface area contributed by atoms with E-state index in [1.165, 1.54) is 40.5 Å². The highest BCUT2D eigenvalue weighted by atomic mass is 32.2. The maximum absolute atomic E-state index is 12.5. The Morgan fingerprint density at radius 1 is 1.00 bits per heavy atom. The van der Waals surface area contributed by atoms with Crippen molar-refractivity contribution in [1.29, 1.82) is 0 Å². The molecule has 0 unspecified atom stereocenters. The Morgan fingerprint density at radius 2 is 1.69 bits per heavy atom. The van der Waals surface area contributed by atoms with Gasteiger partial charge in [0.2, 0.25) is 10.0 Å². The van der Waals surface area contributed by atoms with Gasteiger partial charge in [-0.25, -0.2) is 13.1 Å². The lowest BCUT2D eigenvalue weighted by Crippen LogP contribution is -2.27. The molecule has 2 N–H and O–H groups in total. The topological polar surface area (TPSA) is 105 Å². The third kappa shape index (κ3) is 6.39. The van der Waals surface area contributed by atoms with Crippen molar-refractivity contribution in [2.24, 2.45) is 0 Å². The lowest BCUT2D eigenvalue weighted by atomic mass is 10.2. The third-order valence-electron chi connectivity index (χ3n) is 4.42. The van der Waals surface area contributed by atoms with E-state index in [1.807, 2.05) is 17.5 Å². The first-order valence-corrected chi connectivity index (χ1v) is 12.0. The Kier molecular flexibility index (Phi) is 7.62. The first kappa shape index (κ1) is 23.5. The molecule has 0 aliphatic carbocycles. The fourth-order valence-electron chi connectivity index (χ4n) is 2.56. The molecule has 0 saturated heterocycles. The number of benzene rings is 2. The molecular weight excluding hydrogens is 450 g/mol. The second kappa shape index (κ2) is 10.4. The Balaban J connectivity index is 1.56. The molecule has 32 heavy (non-hydrogen) atoms. The molecule has 3 rings (SSSR count). The summed E-state index contributed by atoms with van der Waals surface area (Å²) in [4.78, 5) is 26.5. The third-order valence-corrected chi connectivity index (χ3v) is 6.71. The molecule has 2 amide bonds. The van der Waals surface area contributed by atoms with Crippen LogP contribution >= 0.6 is 11.3 Å². The number of rotatable bonds is 9. The van der Waals surface area contributed by atoms with Crippen LogP contribution in [0.15, 0.2) is 70.9 Å². The summed E-state index contributed by atoms with van der Waals surface area (Å²) in [6.07, 6.45) is 0. The molecule has 0 aliphatic heterocycles. The maximum atomic E-state index is 12.5. The normalized spacial score (nSPS) is 11.1. The van der Waals surface area contributed by atoms with Crippen LogP contribution in [0.3, 0.4) is 0 Å². The minimum absolute atomic E-state index is 0.0733. The first-order valence-electron chi connectivity index (χ1n) is 9.61. The number of ether oxygens (including phenoxy) is 1. The van der Waals surface area contributed by atoms with Crippen LogP contribution in [0.1, 0.15) is 15.2 Å². The summed E-state index contributed by atoms with van der Waals surface area (Å²) in [7, 11) is -0.382. The van der Waals surface area contributed by atoms with Gasteiger partial charge in [0.05, 0.1) is 4.90 Å². The van der Waals surface area contributed by atoms with Crippen molar-refractivity contribution in [2.75, 3.05) is 26.0 Å². The molecule has 0 spiro atoms. The number of carbonyl (C=O) groups excluding carboxylic acids is 2. The number of hydrogen-bond donors (Lipinski definition) is 2. The van der Waals surface area contributed by atoms with Crippen LogP contribution in [0.4, 0.5) is 5.69 Å². The fraction of sp³-hybridized carbons (Fsp3) is 0.182. The monoisotopic (exact) mass is 473 g/mol. The van der Waals surface area contributed by atoms with E-state index >= 15 is 0 Å². The number of thiophene rings is 1. The van der Waals surface area contributed by atoms with Crippen LogP contribution in [0.2, 0.25) is 0 Å². The second-order valence-electron chi connectivity index (χ2n) is 6.98. The van der Waals surface area contributed by atoms with Crippen molar-refractivity contribution in [1.82, 2.24) is 9.62 Å². The highest BCUT2D eigenvalue weighted by Crippen LogP contribution is 2.18. The smallest absolute Gasteiger partial charge is 0.259 e. The average Bonchev–Trinajstić information content (AvgIpc) is 3.31. The van der Waals surface area contributed by atoms with Crippen LogP contribution in [0.25, 0.3) is 0 Å². The molecular formula is C22H23N3O5S2. The molecule has 0 aliphatic rings. The van der Waals surface area contributed by atoms with Gasteiger partial charge < -0.3 is 15.0 Å². The summed E-state index contributed by atoms with van der Waals surface area (Å²) in [6.45, 7) is 0.140. The Labute approximate surface area is 190 Å². The van der Waals surface area contributed by atoms with Gasteiger partial charge in [-0.05, 0) is 60.0 Å². The van der Waals surface area contributed by atoms with Crippen molar-refractivity contribution in [3.05, 3.63) is 76.5 Å². The molecule has 0 atom stereocenters. The minimum atomic E-state index is -3.68. The SMILES string of the molecule is CN(C)C(=O)COc1ccc(NC(=O)c2ccc(S(=O)(=O)NCc3cccs3)cc2)cc1. The number of hydrogen-bond acceptors (Lipinski definition) is 6.